The summed E-state index contributed by atoms with van der Waals surface area (Å²) in [7, 11) is -1.52. The fourth-order valence-corrected chi connectivity index (χ4v) is 3.83. The number of nitrogens with two attached hydrogens (primary N) is 1. The standard InChI is InChI=1S/C23H41NO8S/c1-11-33(28)17-14(24)16(32-20(27)23(8,9)10)15(31-19(26)22(5,6)7)13(30-17)12-29-18(25)21(2,3)4/h13-17H,11-12,24H2,1-10H3/t13-,14-,15-,16-,17+,33+/m1/s1. The molecule has 6 atom stereocenters. The molecule has 1 aliphatic heterocycles. The summed E-state index contributed by atoms with van der Waals surface area (Å²) in [6, 6.07) is -1.02. The summed E-state index contributed by atoms with van der Waals surface area (Å²) >= 11 is 0. The van der Waals surface area contributed by atoms with E-state index in [1.807, 2.05) is 0 Å². The van der Waals surface area contributed by atoms with Crippen LogP contribution in [0, 0.1) is 16.2 Å². The van der Waals surface area contributed by atoms with Crippen LogP contribution in [0.1, 0.15) is 69.2 Å². The van der Waals surface area contributed by atoms with Gasteiger partial charge in [-0.1, -0.05) is 6.92 Å². The molecule has 0 saturated carbocycles. The summed E-state index contributed by atoms with van der Waals surface area (Å²) in [6.07, 6.45) is -3.33. The summed E-state index contributed by atoms with van der Waals surface area (Å²) in [5.74, 6) is -1.37. The molecule has 1 aliphatic rings. The zero-order valence-electron chi connectivity index (χ0n) is 21.6. The number of esters is 3. The van der Waals surface area contributed by atoms with E-state index in [1.165, 1.54) is 0 Å². The Kier molecular flexibility index (Phi) is 9.68. The van der Waals surface area contributed by atoms with Gasteiger partial charge in [-0.2, -0.15) is 0 Å². The van der Waals surface area contributed by atoms with Crippen LogP contribution in [0.5, 0.6) is 0 Å². The van der Waals surface area contributed by atoms with Crippen molar-refractivity contribution in [3.63, 3.8) is 0 Å². The van der Waals surface area contributed by atoms with Crippen LogP contribution < -0.4 is 5.73 Å². The Balaban J connectivity index is 3.40. The van der Waals surface area contributed by atoms with Gasteiger partial charge >= 0.3 is 17.9 Å². The van der Waals surface area contributed by atoms with E-state index in [0.29, 0.717) is 0 Å². The molecule has 0 aromatic heterocycles. The first-order chi connectivity index (χ1) is 14.8. The van der Waals surface area contributed by atoms with E-state index in [2.05, 4.69) is 0 Å². The minimum atomic E-state index is -1.52. The molecule has 1 saturated heterocycles. The lowest BCUT2D eigenvalue weighted by Crippen LogP contribution is -2.66. The third kappa shape index (κ3) is 8.03. The molecule has 0 radical (unpaired) electrons. The largest absolute Gasteiger partial charge is 0.462 e. The lowest BCUT2D eigenvalue weighted by molar-refractivity contribution is -0.219. The highest BCUT2D eigenvalue weighted by Gasteiger charge is 2.52. The number of hydrogen-bond donors (Lipinski definition) is 1. The molecule has 33 heavy (non-hydrogen) atoms. The van der Waals surface area contributed by atoms with Crippen molar-refractivity contribution >= 4 is 28.7 Å². The van der Waals surface area contributed by atoms with Crippen molar-refractivity contribution in [2.45, 2.75) is 99.0 Å². The molecule has 1 rings (SSSR count). The van der Waals surface area contributed by atoms with Gasteiger partial charge in [-0.05, 0) is 62.3 Å². The normalized spacial score (nSPS) is 27.4. The Morgan fingerprint density at radius 2 is 1.24 bits per heavy atom. The van der Waals surface area contributed by atoms with Gasteiger partial charge in [-0.15, -0.1) is 0 Å². The van der Waals surface area contributed by atoms with Crippen molar-refractivity contribution in [2.75, 3.05) is 12.4 Å². The first-order valence-corrected chi connectivity index (χ1v) is 12.6. The summed E-state index contributed by atoms with van der Waals surface area (Å²) in [5.41, 5.74) is 2.86. The average molecular weight is 492 g/mol. The minimum absolute atomic E-state index is 0.249. The van der Waals surface area contributed by atoms with Crippen molar-refractivity contribution in [3.05, 3.63) is 0 Å². The van der Waals surface area contributed by atoms with Crippen molar-refractivity contribution in [1.82, 2.24) is 0 Å². The first-order valence-electron chi connectivity index (χ1n) is 11.2. The minimum Gasteiger partial charge on any atom is -0.462 e. The molecule has 0 aromatic rings. The van der Waals surface area contributed by atoms with E-state index in [1.54, 1.807) is 69.2 Å². The second kappa shape index (κ2) is 10.8. The maximum atomic E-state index is 12.8. The van der Waals surface area contributed by atoms with E-state index in [4.69, 9.17) is 24.7 Å². The third-order valence-electron chi connectivity index (χ3n) is 4.94. The molecule has 1 heterocycles. The van der Waals surface area contributed by atoms with Crippen LogP contribution in [0.25, 0.3) is 0 Å². The SMILES string of the molecule is CC[S@](=O)[C@@H]1O[C@H](COC(=O)C(C)(C)C)[C@@H](OC(=O)C(C)(C)C)[C@H](OC(=O)C(C)(C)C)[C@H]1N. The van der Waals surface area contributed by atoms with Gasteiger partial charge in [0.25, 0.3) is 0 Å². The van der Waals surface area contributed by atoms with E-state index in [9.17, 15) is 18.6 Å². The van der Waals surface area contributed by atoms with E-state index in [-0.39, 0.29) is 12.4 Å². The fourth-order valence-electron chi connectivity index (χ4n) is 2.73. The monoisotopic (exact) mass is 491 g/mol. The lowest BCUT2D eigenvalue weighted by Gasteiger charge is -2.44. The number of ether oxygens (including phenoxy) is 4. The zero-order chi connectivity index (χ0) is 25.9. The predicted octanol–water partition coefficient (Wildman–Crippen LogP) is 2.31. The number of hydrogen-bond acceptors (Lipinski definition) is 9. The van der Waals surface area contributed by atoms with Gasteiger partial charge in [0.2, 0.25) is 0 Å². The summed E-state index contributed by atoms with van der Waals surface area (Å²) in [4.78, 5) is 37.9. The lowest BCUT2D eigenvalue weighted by atomic mass is 9.93. The van der Waals surface area contributed by atoms with E-state index < -0.39 is 74.7 Å². The molecule has 10 heteroatoms. The van der Waals surface area contributed by atoms with Gasteiger partial charge in [-0.25, -0.2) is 0 Å². The smallest absolute Gasteiger partial charge is 0.311 e. The van der Waals surface area contributed by atoms with Gasteiger partial charge in [0.05, 0.1) is 33.1 Å². The Morgan fingerprint density at radius 1 is 0.818 bits per heavy atom. The van der Waals surface area contributed by atoms with Crippen LogP contribution in [0.3, 0.4) is 0 Å². The molecular weight excluding hydrogens is 450 g/mol. The molecule has 192 valence electrons. The number of carbonyl (C=O) groups is 3. The van der Waals surface area contributed by atoms with Crippen LogP contribution in [0.4, 0.5) is 0 Å². The molecular formula is C23H41NO8S. The van der Waals surface area contributed by atoms with Crippen LogP contribution in [0.2, 0.25) is 0 Å². The van der Waals surface area contributed by atoms with Crippen molar-refractivity contribution in [2.24, 2.45) is 22.0 Å². The molecule has 9 nitrogen and oxygen atoms in total. The van der Waals surface area contributed by atoms with Gasteiger partial charge in [0.15, 0.2) is 17.6 Å². The molecule has 0 amide bonds. The van der Waals surface area contributed by atoms with Gasteiger partial charge in [0.1, 0.15) is 12.7 Å². The summed E-state index contributed by atoms with van der Waals surface area (Å²) in [6.45, 7) is 16.6. The molecule has 1 fully saturated rings. The Bertz CT molecular complexity index is 747. The van der Waals surface area contributed by atoms with Crippen LogP contribution in [-0.4, -0.2) is 64.3 Å². The highest BCUT2D eigenvalue weighted by atomic mass is 32.2. The maximum Gasteiger partial charge on any atom is 0.311 e. The van der Waals surface area contributed by atoms with Crippen molar-refractivity contribution in [1.29, 1.82) is 0 Å². The number of carbonyl (C=O) groups excluding carboxylic acids is 3. The van der Waals surface area contributed by atoms with E-state index in [0.717, 1.165) is 0 Å². The van der Waals surface area contributed by atoms with Gasteiger partial charge in [0, 0.05) is 5.75 Å². The second-order valence-electron chi connectivity index (χ2n) is 11.4. The highest BCUT2D eigenvalue weighted by Crippen LogP contribution is 2.31. The molecule has 0 spiro atoms. The molecule has 0 aliphatic carbocycles. The summed E-state index contributed by atoms with van der Waals surface area (Å²) < 4.78 is 35.5. The van der Waals surface area contributed by atoms with Gasteiger partial charge in [-0.3, -0.25) is 18.6 Å². The molecule has 0 unspecified atom stereocenters. The third-order valence-corrected chi connectivity index (χ3v) is 6.45. The predicted molar refractivity (Wildman–Crippen MR) is 124 cm³/mol. The molecule has 0 aromatic carbocycles. The van der Waals surface area contributed by atoms with Crippen molar-refractivity contribution < 1.29 is 37.5 Å². The molecule has 0 bridgehead atoms. The topological polar surface area (TPSA) is 131 Å². The van der Waals surface area contributed by atoms with Gasteiger partial charge < -0.3 is 24.7 Å². The van der Waals surface area contributed by atoms with Crippen LogP contribution in [-0.2, 0) is 44.1 Å². The molecule has 2 N–H and O–H groups in total. The van der Waals surface area contributed by atoms with Crippen LogP contribution >= 0.6 is 0 Å². The first kappa shape index (κ1) is 29.5. The summed E-state index contributed by atoms with van der Waals surface area (Å²) in [5, 5.41) is 0. The maximum absolute atomic E-state index is 12.8. The Hall–Kier alpha value is -1.52. The Labute approximate surface area is 199 Å². The van der Waals surface area contributed by atoms with E-state index >= 15 is 0 Å². The average Bonchev–Trinajstić information content (AvgIpc) is 2.66. The quantitative estimate of drug-likeness (QED) is 0.439. The van der Waals surface area contributed by atoms with Crippen LogP contribution in [0.15, 0.2) is 0 Å². The zero-order valence-corrected chi connectivity index (χ0v) is 22.4. The van der Waals surface area contributed by atoms with Crippen molar-refractivity contribution in [3.8, 4) is 0 Å². The Morgan fingerprint density at radius 3 is 1.64 bits per heavy atom. The number of rotatable bonds is 6. The highest BCUT2D eigenvalue weighted by molar-refractivity contribution is 7.85. The fraction of sp³-hybridized carbons (Fsp3) is 0.870. The second-order valence-corrected chi connectivity index (χ2v) is 13.2.